The quantitative estimate of drug-likeness (QED) is 0.362. The minimum atomic E-state index is 0. The molecule has 0 spiro atoms. The number of nitrogens with one attached hydrogen (secondary N) is 2. The van der Waals surface area contributed by atoms with E-state index in [-0.39, 0.29) is 24.0 Å². The molecule has 2 N–H and O–H groups in total. The average Bonchev–Trinajstić information content (AvgIpc) is 3.14. The Morgan fingerprint density at radius 3 is 2.93 bits per heavy atom. The summed E-state index contributed by atoms with van der Waals surface area (Å²) >= 11 is 6.27. The van der Waals surface area contributed by atoms with Crippen LogP contribution in [0.1, 0.15) is 17.5 Å². The Morgan fingerprint density at radius 2 is 2.21 bits per heavy atom. The number of ether oxygens (including phenoxy) is 1. The molecule has 1 atom stereocenters. The Labute approximate surface area is 188 Å². The van der Waals surface area contributed by atoms with Gasteiger partial charge in [0.15, 0.2) is 5.96 Å². The second-order valence-corrected chi connectivity index (χ2v) is 7.02. The molecule has 2 heterocycles. The molecule has 6 nitrogen and oxygen atoms in total. The summed E-state index contributed by atoms with van der Waals surface area (Å²) in [5, 5.41) is 7.55. The van der Waals surface area contributed by atoms with Crippen LogP contribution >= 0.6 is 35.6 Å². The third-order valence-electron chi connectivity index (χ3n) is 4.72. The fourth-order valence-corrected chi connectivity index (χ4v) is 3.47. The van der Waals surface area contributed by atoms with Gasteiger partial charge in [-0.3, -0.25) is 4.99 Å². The fourth-order valence-electron chi connectivity index (χ4n) is 3.23. The number of halogens is 2. The highest BCUT2D eigenvalue weighted by atomic mass is 127. The zero-order chi connectivity index (χ0) is 19.2. The molecule has 0 radical (unpaired) electrons. The Hall–Kier alpha value is -1.74. The Morgan fingerprint density at radius 1 is 1.39 bits per heavy atom. The van der Waals surface area contributed by atoms with Crippen molar-refractivity contribution in [3.05, 3.63) is 52.7 Å². The number of hydrogen-bond donors (Lipinski definition) is 2. The maximum Gasteiger partial charge on any atom is 0.191 e. The SMILES string of the molecule is CN=C(NCc1ccc(C)c(OC)c1)NC1CCN(c2ncccc2Cl)C1.I. The summed E-state index contributed by atoms with van der Waals surface area (Å²) in [6, 6.07) is 10.2. The third-order valence-corrected chi connectivity index (χ3v) is 5.02. The van der Waals surface area contributed by atoms with Crippen molar-refractivity contribution < 1.29 is 4.74 Å². The number of aliphatic imine (C=N–C) groups is 1. The lowest BCUT2D eigenvalue weighted by Crippen LogP contribution is -2.44. The van der Waals surface area contributed by atoms with E-state index in [0.717, 1.165) is 48.2 Å². The second-order valence-electron chi connectivity index (χ2n) is 6.61. The molecule has 8 heteroatoms. The molecule has 0 aliphatic carbocycles. The van der Waals surface area contributed by atoms with Gasteiger partial charge in [-0.05, 0) is 42.7 Å². The van der Waals surface area contributed by atoms with Crippen LogP contribution < -0.4 is 20.3 Å². The lowest BCUT2D eigenvalue weighted by molar-refractivity contribution is 0.411. The topological polar surface area (TPSA) is 61.8 Å². The summed E-state index contributed by atoms with van der Waals surface area (Å²) in [5.74, 6) is 2.53. The number of anilines is 1. The molecular formula is C20H27ClIN5O. The molecule has 1 aromatic carbocycles. The van der Waals surface area contributed by atoms with Crippen LogP contribution in [0.2, 0.25) is 5.02 Å². The molecule has 1 fully saturated rings. The standard InChI is InChI=1S/C20H26ClN5O.HI/c1-14-6-7-15(11-18(14)27-3)12-24-20(22-2)25-16-8-10-26(13-16)19-17(21)5-4-9-23-19;/h4-7,9,11,16H,8,10,12-13H2,1-3H3,(H2,22,24,25);1H. The number of nitrogens with zero attached hydrogens (tertiary/aromatic N) is 3. The van der Waals surface area contributed by atoms with Gasteiger partial charge >= 0.3 is 0 Å². The summed E-state index contributed by atoms with van der Waals surface area (Å²) in [4.78, 5) is 11.0. The maximum atomic E-state index is 6.27. The van der Waals surface area contributed by atoms with Crippen LogP contribution in [-0.4, -0.2) is 44.2 Å². The molecular weight excluding hydrogens is 489 g/mol. The van der Waals surface area contributed by atoms with Gasteiger partial charge in [0.1, 0.15) is 11.6 Å². The molecule has 1 saturated heterocycles. The summed E-state index contributed by atoms with van der Waals surface area (Å²) < 4.78 is 5.39. The molecule has 1 aliphatic heterocycles. The van der Waals surface area contributed by atoms with Gasteiger partial charge in [-0.15, -0.1) is 24.0 Å². The van der Waals surface area contributed by atoms with E-state index in [1.807, 2.05) is 19.1 Å². The van der Waals surface area contributed by atoms with Crippen molar-refractivity contribution in [3.8, 4) is 5.75 Å². The van der Waals surface area contributed by atoms with Crippen molar-refractivity contribution >= 4 is 47.4 Å². The predicted octanol–water partition coefficient (Wildman–Crippen LogP) is 3.61. The molecule has 28 heavy (non-hydrogen) atoms. The van der Waals surface area contributed by atoms with Crippen LogP contribution in [-0.2, 0) is 6.54 Å². The summed E-state index contributed by atoms with van der Waals surface area (Å²) in [6.07, 6.45) is 2.78. The number of rotatable bonds is 5. The van der Waals surface area contributed by atoms with Crippen molar-refractivity contribution in [2.45, 2.75) is 25.9 Å². The minimum Gasteiger partial charge on any atom is -0.496 e. The maximum absolute atomic E-state index is 6.27. The monoisotopic (exact) mass is 515 g/mol. The van der Waals surface area contributed by atoms with E-state index in [1.165, 1.54) is 0 Å². The molecule has 0 bridgehead atoms. The van der Waals surface area contributed by atoms with Crippen LogP contribution in [0, 0.1) is 6.92 Å². The van der Waals surface area contributed by atoms with Crippen LogP contribution in [0.5, 0.6) is 5.75 Å². The highest BCUT2D eigenvalue weighted by Crippen LogP contribution is 2.25. The highest BCUT2D eigenvalue weighted by Gasteiger charge is 2.25. The van der Waals surface area contributed by atoms with Gasteiger partial charge < -0.3 is 20.3 Å². The number of guanidine groups is 1. The summed E-state index contributed by atoms with van der Waals surface area (Å²) in [5.41, 5.74) is 2.27. The molecule has 0 saturated carbocycles. The number of pyridine rings is 1. The number of benzene rings is 1. The molecule has 0 amide bonds. The zero-order valence-electron chi connectivity index (χ0n) is 16.4. The summed E-state index contributed by atoms with van der Waals surface area (Å²) in [6.45, 7) is 4.48. The van der Waals surface area contributed by atoms with Gasteiger partial charge in [0, 0.05) is 38.9 Å². The Kier molecular flexibility index (Phi) is 8.62. The van der Waals surface area contributed by atoms with E-state index in [2.05, 4.69) is 43.7 Å². The van der Waals surface area contributed by atoms with Crippen LogP contribution in [0.4, 0.5) is 5.82 Å². The zero-order valence-corrected chi connectivity index (χ0v) is 19.5. The van der Waals surface area contributed by atoms with Gasteiger partial charge in [-0.25, -0.2) is 4.98 Å². The number of methoxy groups -OCH3 is 1. The summed E-state index contributed by atoms with van der Waals surface area (Å²) in [7, 11) is 3.48. The normalized spacial score (nSPS) is 16.5. The van der Waals surface area contributed by atoms with Crippen molar-refractivity contribution in [2.24, 2.45) is 4.99 Å². The van der Waals surface area contributed by atoms with Crippen LogP contribution in [0.3, 0.4) is 0 Å². The molecule has 1 unspecified atom stereocenters. The van der Waals surface area contributed by atoms with Crippen molar-refractivity contribution in [3.63, 3.8) is 0 Å². The van der Waals surface area contributed by atoms with E-state index in [9.17, 15) is 0 Å². The van der Waals surface area contributed by atoms with E-state index in [4.69, 9.17) is 16.3 Å². The first-order valence-corrected chi connectivity index (χ1v) is 9.44. The number of aromatic nitrogens is 1. The molecule has 1 aromatic heterocycles. The van der Waals surface area contributed by atoms with Gasteiger partial charge in [0.05, 0.1) is 12.1 Å². The fraction of sp³-hybridized carbons (Fsp3) is 0.400. The van der Waals surface area contributed by atoms with Crippen molar-refractivity contribution in [1.29, 1.82) is 0 Å². The molecule has 2 aromatic rings. The van der Waals surface area contributed by atoms with Gasteiger partial charge in [0.25, 0.3) is 0 Å². The third kappa shape index (κ3) is 5.64. The molecule has 3 rings (SSSR count). The van der Waals surface area contributed by atoms with Crippen LogP contribution in [0.15, 0.2) is 41.5 Å². The Bertz CT molecular complexity index is 817. The number of hydrogen-bond acceptors (Lipinski definition) is 4. The van der Waals surface area contributed by atoms with Gasteiger partial charge in [0.2, 0.25) is 0 Å². The lowest BCUT2D eigenvalue weighted by Gasteiger charge is -2.20. The minimum absolute atomic E-state index is 0. The average molecular weight is 516 g/mol. The van der Waals surface area contributed by atoms with E-state index < -0.39 is 0 Å². The van der Waals surface area contributed by atoms with Crippen molar-refractivity contribution in [1.82, 2.24) is 15.6 Å². The number of aryl methyl sites for hydroxylation is 1. The highest BCUT2D eigenvalue weighted by molar-refractivity contribution is 14.0. The van der Waals surface area contributed by atoms with Gasteiger partial charge in [-0.1, -0.05) is 23.7 Å². The first kappa shape index (κ1) is 22.5. The van der Waals surface area contributed by atoms with E-state index in [0.29, 0.717) is 17.6 Å². The smallest absolute Gasteiger partial charge is 0.191 e. The van der Waals surface area contributed by atoms with Gasteiger partial charge in [-0.2, -0.15) is 0 Å². The largest absolute Gasteiger partial charge is 0.496 e. The molecule has 1 aliphatic rings. The van der Waals surface area contributed by atoms with Crippen molar-refractivity contribution in [2.75, 3.05) is 32.1 Å². The van der Waals surface area contributed by atoms with Crippen LogP contribution in [0.25, 0.3) is 0 Å². The van der Waals surface area contributed by atoms with E-state index >= 15 is 0 Å². The predicted molar refractivity (Wildman–Crippen MR) is 126 cm³/mol. The first-order chi connectivity index (χ1) is 13.1. The molecule has 152 valence electrons. The lowest BCUT2D eigenvalue weighted by atomic mass is 10.1. The second kappa shape index (κ2) is 10.7. The Balaban J connectivity index is 0.00000280. The van der Waals surface area contributed by atoms with E-state index in [1.54, 1.807) is 20.4 Å². The first-order valence-electron chi connectivity index (χ1n) is 9.07.